The SMILES string of the molecule is COC(=O)c1ccc(NC(=O)C2CCCC2(C)C)cc1. The molecule has 1 atom stereocenters. The molecule has 1 aliphatic carbocycles. The first-order valence-electron chi connectivity index (χ1n) is 6.93. The Hall–Kier alpha value is -1.84. The van der Waals surface area contributed by atoms with Crippen molar-refractivity contribution < 1.29 is 14.3 Å². The van der Waals surface area contributed by atoms with Crippen molar-refractivity contribution in [1.29, 1.82) is 0 Å². The van der Waals surface area contributed by atoms with Crippen LogP contribution in [0.5, 0.6) is 0 Å². The minimum Gasteiger partial charge on any atom is -0.465 e. The maximum absolute atomic E-state index is 12.3. The molecule has 108 valence electrons. The normalized spacial score (nSPS) is 20.4. The number of carbonyl (C=O) groups excluding carboxylic acids is 2. The largest absolute Gasteiger partial charge is 0.465 e. The molecule has 0 heterocycles. The molecule has 1 aromatic rings. The Labute approximate surface area is 119 Å². The van der Waals surface area contributed by atoms with Crippen LogP contribution in [0.15, 0.2) is 24.3 Å². The number of esters is 1. The van der Waals surface area contributed by atoms with Gasteiger partial charge < -0.3 is 10.1 Å². The van der Waals surface area contributed by atoms with Gasteiger partial charge in [-0.15, -0.1) is 0 Å². The van der Waals surface area contributed by atoms with Gasteiger partial charge in [0, 0.05) is 11.6 Å². The highest BCUT2D eigenvalue weighted by Gasteiger charge is 2.39. The number of hydrogen-bond acceptors (Lipinski definition) is 3. The average molecular weight is 275 g/mol. The zero-order valence-electron chi connectivity index (χ0n) is 12.2. The molecular formula is C16H21NO3. The first-order valence-corrected chi connectivity index (χ1v) is 6.93. The van der Waals surface area contributed by atoms with Crippen LogP contribution < -0.4 is 5.32 Å². The number of ether oxygens (including phenoxy) is 1. The lowest BCUT2D eigenvalue weighted by molar-refractivity contribution is -0.122. The summed E-state index contributed by atoms with van der Waals surface area (Å²) >= 11 is 0. The minimum atomic E-state index is -0.375. The number of rotatable bonds is 3. The van der Waals surface area contributed by atoms with Crippen LogP contribution in [0, 0.1) is 11.3 Å². The zero-order valence-corrected chi connectivity index (χ0v) is 12.2. The Balaban J connectivity index is 2.03. The van der Waals surface area contributed by atoms with Gasteiger partial charge in [-0.1, -0.05) is 20.3 Å². The summed E-state index contributed by atoms with van der Waals surface area (Å²) in [5.41, 5.74) is 1.26. The molecule has 1 fully saturated rings. The van der Waals surface area contributed by atoms with Crippen molar-refractivity contribution in [2.24, 2.45) is 11.3 Å². The molecule has 1 aliphatic rings. The topological polar surface area (TPSA) is 55.4 Å². The molecule has 4 nitrogen and oxygen atoms in total. The molecule has 1 saturated carbocycles. The molecule has 1 amide bonds. The van der Waals surface area contributed by atoms with Crippen LogP contribution in [0.1, 0.15) is 43.5 Å². The summed E-state index contributed by atoms with van der Waals surface area (Å²) < 4.78 is 4.64. The fourth-order valence-corrected chi connectivity index (χ4v) is 2.85. The summed E-state index contributed by atoms with van der Waals surface area (Å²) in [5, 5.41) is 2.93. The molecule has 0 saturated heterocycles. The van der Waals surface area contributed by atoms with E-state index in [9.17, 15) is 9.59 Å². The van der Waals surface area contributed by atoms with Crippen LogP contribution in [0.2, 0.25) is 0 Å². The Kier molecular flexibility index (Phi) is 4.12. The molecule has 0 aromatic heterocycles. The average Bonchev–Trinajstić information content (AvgIpc) is 2.78. The van der Waals surface area contributed by atoms with Gasteiger partial charge in [-0.2, -0.15) is 0 Å². The molecule has 20 heavy (non-hydrogen) atoms. The number of hydrogen-bond donors (Lipinski definition) is 1. The molecule has 1 aromatic carbocycles. The molecule has 0 aliphatic heterocycles. The summed E-state index contributed by atoms with van der Waals surface area (Å²) in [6.45, 7) is 4.29. The summed E-state index contributed by atoms with van der Waals surface area (Å²) in [5.74, 6) is -0.249. The van der Waals surface area contributed by atoms with E-state index in [-0.39, 0.29) is 23.2 Å². The highest BCUT2D eigenvalue weighted by molar-refractivity contribution is 5.94. The van der Waals surface area contributed by atoms with E-state index >= 15 is 0 Å². The van der Waals surface area contributed by atoms with Crippen LogP contribution in [-0.4, -0.2) is 19.0 Å². The van der Waals surface area contributed by atoms with Gasteiger partial charge in [-0.25, -0.2) is 4.79 Å². The fraction of sp³-hybridized carbons (Fsp3) is 0.500. The predicted octanol–water partition coefficient (Wildman–Crippen LogP) is 3.24. The number of methoxy groups -OCH3 is 1. The van der Waals surface area contributed by atoms with Crippen molar-refractivity contribution in [3.63, 3.8) is 0 Å². The quantitative estimate of drug-likeness (QED) is 0.862. The van der Waals surface area contributed by atoms with Gasteiger partial charge in [0.1, 0.15) is 0 Å². The van der Waals surface area contributed by atoms with Crippen LogP contribution >= 0.6 is 0 Å². The minimum absolute atomic E-state index is 0.0581. The smallest absolute Gasteiger partial charge is 0.337 e. The molecule has 0 spiro atoms. The number of carbonyl (C=O) groups is 2. The van der Waals surface area contributed by atoms with Gasteiger partial charge in [0.15, 0.2) is 0 Å². The molecule has 0 bridgehead atoms. The van der Waals surface area contributed by atoms with Gasteiger partial charge in [-0.3, -0.25) is 4.79 Å². The molecule has 0 radical (unpaired) electrons. The Morgan fingerprint density at radius 1 is 1.25 bits per heavy atom. The Morgan fingerprint density at radius 3 is 2.40 bits per heavy atom. The first-order chi connectivity index (χ1) is 9.44. The van der Waals surface area contributed by atoms with E-state index < -0.39 is 0 Å². The molecule has 1 N–H and O–H groups in total. The maximum atomic E-state index is 12.3. The zero-order chi connectivity index (χ0) is 14.8. The van der Waals surface area contributed by atoms with Gasteiger partial charge in [-0.05, 0) is 42.5 Å². The third kappa shape index (κ3) is 3.00. The second-order valence-electron chi connectivity index (χ2n) is 5.99. The monoisotopic (exact) mass is 275 g/mol. The molecule has 2 rings (SSSR count). The summed E-state index contributed by atoms with van der Waals surface area (Å²) in [6.07, 6.45) is 3.14. The number of amides is 1. The van der Waals surface area contributed by atoms with Gasteiger partial charge >= 0.3 is 5.97 Å². The van der Waals surface area contributed by atoms with Crippen LogP contribution in [0.3, 0.4) is 0 Å². The second kappa shape index (κ2) is 5.65. The van der Waals surface area contributed by atoms with Gasteiger partial charge in [0.25, 0.3) is 0 Å². The van der Waals surface area contributed by atoms with Crippen molar-refractivity contribution in [3.05, 3.63) is 29.8 Å². The number of benzene rings is 1. The van der Waals surface area contributed by atoms with Crippen molar-refractivity contribution in [2.75, 3.05) is 12.4 Å². The molecule has 4 heteroatoms. The van der Waals surface area contributed by atoms with E-state index in [1.54, 1.807) is 24.3 Å². The highest BCUT2D eigenvalue weighted by Crippen LogP contribution is 2.43. The number of nitrogens with one attached hydrogen (secondary N) is 1. The standard InChI is InChI=1S/C16H21NO3/c1-16(2)10-4-5-13(16)14(18)17-12-8-6-11(7-9-12)15(19)20-3/h6-9,13H,4-5,10H2,1-3H3,(H,17,18). The third-order valence-corrected chi connectivity index (χ3v) is 4.15. The summed E-state index contributed by atoms with van der Waals surface area (Å²) in [7, 11) is 1.35. The maximum Gasteiger partial charge on any atom is 0.337 e. The van der Waals surface area contributed by atoms with E-state index in [0.717, 1.165) is 19.3 Å². The van der Waals surface area contributed by atoms with E-state index in [1.807, 2.05) is 0 Å². The molecule has 1 unspecified atom stereocenters. The van der Waals surface area contributed by atoms with E-state index in [4.69, 9.17) is 0 Å². The van der Waals surface area contributed by atoms with Gasteiger partial charge in [0.2, 0.25) is 5.91 Å². The van der Waals surface area contributed by atoms with Crippen molar-refractivity contribution in [1.82, 2.24) is 0 Å². The van der Waals surface area contributed by atoms with Gasteiger partial charge in [0.05, 0.1) is 12.7 Å². The predicted molar refractivity (Wildman–Crippen MR) is 77.5 cm³/mol. The second-order valence-corrected chi connectivity index (χ2v) is 5.99. The van der Waals surface area contributed by atoms with E-state index in [2.05, 4.69) is 23.9 Å². The fourth-order valence-electron chi connectivity index (χ4n) is 2.85. The lowest BCUT2D eigenvalue weighted by Crippen LogP contribution is -2.30. The number of anilines is 1. The van der Waals surface area contributed by atoms with Crippen molar-refractivity contribution >= 4 is 17.6 Å². The first kappa shape index (κ1) is 14.6. The Bertz CT molecular complexity index is 505. The highest BCUT2D eigenvalue weighted by atomic mass is 16.5. The Morgan fingerprint density at radius 2 is 1.90 bits per heavy atom. The van der Waals surface area contributed by atoms with Crippen molar-refractivity contribution in [2.45, 2.75) is 33.1 Å². The van der Waals surface area contributed by atoms with E-state index in [0.29, 0.717) is 11.3 Å². The summed E-state index contributed by atoms with van der Waals surface area (Å²) in [6, 6.07) is 6.76. The van der Waals surface area contributed by atoms with Crippen LogP contribution in [0.25, 0.3) is 0 Å². The summed E-state index contributed by atoms with van der Waals surface area (Å²) in [4.78, 5) is 23.6. The lowest BCUT2D eigenvalue weighted by atomic mass is 9.81. The van der Waals surface area contributed by atoms with Crippen LogP contribution in [0.4, 0.5) is 5.69 Å². The lowest BCUT2D eigenvalue weighted by Gasteiger charge is -2.25. The van der Waals surface area contributed by atoms with Crippen LogP contribution in [-0.2, 0) is 9.53 Å². The van der Waals surface area contributed by atoms with E-state index in [1.165, 1.54) is 7.11 Å². The third-order valence-electron chi connectivity index (χ3n) is 4.15. The molecular weight excluding hydrogens is 254 g/mol. The van der Waals surface area contributed by atoms with Crippen molar-refractivity contribution in [3.8, 4) is 0 Å².